The van der Waals surface area contributed by atoms with Gasteiger partial charge in [-0.25, -0.2) is 4.79 Å². The van der Waals surface area contributed by atoms with Gasteiger partial charge in [0.15, 0.2) is 0 Å². The minimum absolute atomic E-state index is 0.112. The summed E-state index contributed by atoms with van der Waals surface area (Å²) in [5.74, 6) is -0.104. The van der Waals surface area contributed by atoms with Gasteiger partial charge in [-0.2, -0.15) is 0 Å². The number of esters is 1. The summed E-state index contributed by atoms with van der Waals surface area (Å²) in [4.78, 5) is 25.8. The molecule has 1 fully saturated rings. The summed E-state index contributed by atoms with van der Waals surface area (Å²) in [6.45, 7) is 1.17. The molecule has 1 saturated heterocycles. The van der Waals surface area contributed by atoms with E-state index in [0.29, 0.717) is 19.6 Å². The van der Waals surface area contributed by atoms with Crippen LogP contribution in [0.3, 0.4) is 0 Å². The molecule has 2 heterocycles. The van der Waals surface area contributed by atoms with Crippen molar-refractivity contribution in [3.63, 3.8) is 0 Å². The molecule has 1 atom stereocenters. The average Bonchev–Trinajstić information content (AvgIpc) is 2.89. The third-order valence-corrected chi connectivity index (χ3v) is 3.78. The Bertz CT molecular complexity index is 319. The van der Waals surface area contributed by atoms with Crippen molar-refractivity contribution in [2.24, 2.45) is 0 Å². The van der Waals surface area contributed by atoms with Crippen molar-refractivity contribution in [3.8, 4) is 0 Å². The lowest BCUT2D eigenvalue weighted by atomic mass is 10.1. The van der Waals surface area contributed by atoms with Crippen molar-refractivity contribution < 1.29 is 14.3 Å². The number of amides is 1. The fourth-order valence-corrected chi connectivity index (χ4v) is 2.70. The van der Waals surface area contributed by atoms with Crippen molar-refractivity contribution in [2.75, 3.05) is 13.2 Å². The van der Waals surface area contributed by atoms with Crippen molar-refractivity contribution in [2.45, 2.75) is 57.4 Å². The number of ether oxygens (including phenoxy) is 1. The lowest BCUT2D eigenvalue weighted by Crippen LogP contribution is -2.41. The number of hydrogen-bond acceptors (Lipinski definition) is 3. The fraction of sp³-hybridized carbons (Fsp3) is 0.733. The van der Waals surface area contributed by atoms with Crippen LogP contribution in [0.5, 0.6) is 0 Å². The van der Waals surface area contributed by atoms with E-state index in [0.717, 1.165) is 44.9 Å². The van der Waals surface area contributed by atoms with Gasteiger partial charge in [-0.15, -0.1) is 0 Å². The number of nitrogens with zero attached hydrogens (tertiary/aromatic N) is 1. The van der Waals surface area contributed by atoms with Crippen LogP contribution >= 0.6 is 0 Å². The van der Waals surface area contributed by atoms with Gasteiger partial charge in [-0.05, 0) is 44.9 Å². The van der Waals surface area contributed by atoms with Crippen molar-refractivity contribution in [1.29, 1.82) is 0 Å². The largest absolute Gasteiger partial charge is 0.464 e. The van der Waals surface area contributed by atoms with E-state index < -0.39 is 0 Å². The number of carbonyl (C=O) groups excluding carboxylic acids is 2. The molecule has 0 aromatic carbocycles. The molecule has 0 saturated carbocycles. The Morgan fingerprint density at radius 1 is 1.05 bits per heavy atom. The minimum Gasteiger partial charge on any atom is -0.464 e. The Hall–Kier alpha value is -1.32. The zero-order chi connectivity index (χ0) is 13.5. The van der Waals surface area contributed by atoms with E-state index in [1.54, 1.807) is 4.90 Å². The molecule has 0 bridgehead atoms. The van der Waals surface area contributed by atoms with Crippen LogP contribution in [-0.4, -0.2) is 36.0 Å². The highest BCUT2D eigenvalue weighted by atomic mass is 16.5. The third-order valence-electron chi connectivity index (χ3n) is 3.78. The molecule has 2 rings (SSSR count). The van der Waals surface area contributed by atoms with Gasteiger partial charge in [0, 0.05) is 13.0 Å². The smallest absolute Gasteiger partial charge is 0.328 e. The lowest BCUT2D eigenvalue weighted by Gasteiger charge is -2.23. The Labute approximate surface area is 114 Å². The van der Waals surface area contributed by atoms with Gasteiger partial charge in [-0.3, -0.25) is 4.79 Å². The summed E-state index contributed by atoms with van der Waals surface area (Å²) in [6.07, 6.45) is 11.3. The second-order valence-electron chi connectivity index (χ2n) is 5.27. The molecule has 4 heteroatoms. The number of rotatable bonds is 0. The zero-order valence-electron chi connectivity index (χ0n) is 11.5. The van der Waals surface area contributed by atoms with Crippen molar-refractivity contribution in [3.05, 3.63) is 12.2 Å². The molecule has 0 aromatic rings. The molecule has 19 heavy (non-hydrogen) atoms. The monoisotopic (exact) mass is 265 g/mol. The highest BCUT2D eigenvalue weighted by Crippen LogP contribution is 2.20. The molecule has 0 radical (unpaired) electrons. The van der Waals surface area contributed by atoms with Crippen LogP contribution in [-0.2, 0) is 14.3 Å². The van der Waals surface area contributed by atoms with E-state index in [4.69, 9.17) is 4.74 Å². The van der Waals surface area contributed by atoms with Crippen LogP contribution < -0.4 is 0 Å². The molecule has 2 aliphatic rings. The summed E-state index contributed by atoms with van der Waals surface area (Å²) in [7, 11) is 0. The van der Waals surface area contributed by atoms with E-state index in [2.05, 4.69) is 12.2 Å². The van der Waals surface area contributed by atoms with Crippen LogP contribution in [0.15, 0.2) is 12.2 Å². The van der Waals surface area contributed by atoms with Crippen LogP contribution in [0.4, 0.5) is 0 Å². The SMILES string of the molecule is O=C1OCCCC=CCCCCC(=O)N2CCC[C@@H]12. The topological polar surface area (TPSA) is 46.6 Å². The average molecular weight is 265 g/mol. The van der Waals surface area contributed by atoms with E-state index in [1.807, 2.05) is 0 Å². The molecule has 4 nitrogen and oxygen atoms in total. The number of allylic oxidation sites excluding steroid dienone is 2. The normalized spacial score (nSPS) is 26.7. The molecular formula is C15H23NO3. The molecule has 0 unspecified atom stereocenters. The first-order valence-electron chi connectivity index (χ1n) is 7.40. The predicted octanol–water partition coefficient (Wildman–Crippen LogP) is 2.43. The van der Waals surface area contributed by atoms with Gasteiger partial charge in [0.25, 0.3) is 0 Å². The first-order valence-corrected chi connectivity index (χ1v) is 7.40. The van der Waals surface area contributed by atoms with Crippen LogP contribution in [0, 0.1) is 0 Å². The second kappa shape index (κ2) is 7.31. The van der Waals surface area contributed by atoms with Crippen molar-refractivity contribution in [1.82, 2.24) is 4.90 Å². The number of fused-ring (bicyclic) bond motifs is 1. The Morgan fingerprint density at radius 3 is 2.68 bits per heavy atom. The molecule has 0 N–H and O–H groups in total. The Morgan fingerprint density at radius 2 is 1.84 bits per heavy atom. The molecular weight excluding hydrogens is 242 g/mol. The highest BCUT2D eigenvalue weighted by molar-refractivity contribution is 5.85. The molecule has 0 aliphatic carbocycles. The number of cyclic esters (lactones) is 1. The summed E-state index contributed by atoms with van der Waals surface area (Å²) in [5.41, 5.74) is 0. The fourth-order valence-electron chi connectivity index (χ4n) is 2.70. The predicted molar refractivity (Wildman–Crippen MR) is 72.5 cm³/mol. The molecule has 0 aromatic heterocycles. The van der Waals surface area contributed by atoms with Crippen LogP contribution in [0.25, 0.3) is 0 Å². The first-order chi connectivity index (χ1) is 9.29. The molecule has 1 amide bonds. The Balaban J connectivity index is 1.97. The minimum atomic E-state index is -0.328. The summed E-state index contributed by atoms with van der Waals surface area (Å²) >= 11 is 0. The molecule has 106 valence electrons. The van der Waals surface area contributed by atoms with E-state index >= 15 is 0 Å². The third kappa shape index (κ3) is 4.08. The molecule has 2 aliphatic heterocycles. The van der Waals surface area contributed by atoms with Gasteiger partial charge < -0.3 is 9.64 Å². The summed E-state index contributed by atoms with van der Waals surface area (Å²) < 4.78 is 5.28. The Kier molecular flexibility index (Phi) is 5.43. The number of hydrogen-bond donors (Lipinski definition) is 0. The zero-order valence-corrected chi connectivity index (χ0v) is 11.5. The van der Waals surface area contributed by atoms with E-state index in [-0.39, 0.29) is 17.9 Å². The van der Waals surface area contributed by atoms with Gasteiger partial charge >= 0.3 is 5.97 Å². The maximum absolute atomic E-state index is 12.1. The van der Waals surface area contributed by atoms with Crippen LogP contribution in [0.2, 0.25) is 0 Å². The van der Waals surface area contributed by atoms with Gasteiger partial charge in [0.1, 0.15) is 6.04 Å². The van der Waals surface area contributed by atoms with Crippen molar-refractivity contribution >= 4 is 11.9 Å². The van der Waals surface area contributed by atoms with E-state index in [1.165, 1.54) is 0 Å². The van der Waals surface area contributed by atoms with E-state index in [9.17, 15) is 9.59 Å². The maximum Gasteiger partial charge on any atom is 0.328 e. The molecule has 0 spiro atoms. The maximum atomic E-state index is 12.1. The lowest BCUT2D eigenvalue weighted by molar-refractivity contribution is -0.153. The first kappa shape index (κ1) is 14.1. The second-order valence-corrected chi connectivity index (χ2v) is 5.27. The standard InChI is InChI=1S/C15H23NO3/c17-14-10-6-4-2-1-3-5-7-12-19-15(18)13-9-8-11-16(13)14/h1,3,13H,2,4-12H2/t13-/m0/s1. The summed E-state index contributed by atoms with van der Waals surface area (Å²) in [6, 6.07) is -0.328. The number of carbonyl (C=O) groups is 2. The van der Waals surface area contributed by atoms with Gasteiger partial charge in [0.05, 0.1) is 6.61 Å². The van der Waals surface area contributed by atoms with Crippen LogP contribution in [0.1, 0.15) is 51.4 Å². The van der Waals surface area contributed by atoms with Gasteiger partial charge in [-0.1, -0.05) is 12.2 Å². The summed E-state index contributed by atoms with van der Waals surface area (Å²) in [5, 5.41) is 0. The van der Waals surface area contributed by atoms with Gasteiger partial charge in [0.2, 0.25) is 5.91 Å². The quantitative estimate of drug-likeness (QED) is 0.499. The highest BCUT2D eigenvalue weighted by Gasteiger charge is 2.34.